The molecule has 0 bridgehead atoms. The first-order chi connectivity index (χ1) is 12.2. The monoisotopic (exact) mass is 350 g/mol. The fourth-order valence-corrected chi connectivity index (χ4v) is 3.17. The molecule has 0 saturated heterocycles. The van der Waals surface area contributed by atoms with E-state index in [0.29, 0.717) is 22.7 Å². The molecule has 2 aromatic heterocycles. The Balaban J connectivity index is 1.76. The van der Waals surface area contributed by atoms with E-state index in [1.54, 1.807) is 30.6 Å². The molecule has 0 radical (unpaired) electrons. The molecule has 7 heteroatoms. The van der Waals surface area contributed by atoms with E-state index in [2.05, 4.69) is 20.3 Å². The van der Waals surface area contributed by atoms with Crippen molar-refractivity contribution < 1.29 is 9.18 Å². The molecule has 2 heterocycles. The number of hydrogen-bond acceptors (Lipinski definition) is 6. The summed E-state index contributed by atoms with van der Waals surface area (Å²) in [5.41, 5.74) is 2.44. The average molecular weight is 350 g/mol. The van der Waals surface area contributed by atoms with Crippen molar-refractivity contribution in [2.45, 2.75) is 0 Å². The first kappa shape index (κ1) is 15.3. The Bertz CT molecular complexity index is 1070. The largest absolute Gasteiger partial charge is 0.324 e. The lowest BCUT2D eigenvalue weighted by Crippen LogP contribution is -1.98. The summed E-state index contributed by atoms with van der Waals surface area (Å²) in [6, 6.07) is 9.60. The van der Waals surface area contributed by atoms with Crippen LogP contribution in [-0.4, -0.2) is 21.2 Å². The fourth-order valence-electron chi connectivity index (χ4n) is 2.49. The number of carbonyl (C=O) groups excluding carboxylic acids is 1. The minimum atomic E-state index is -0.345. The third-order valence-electron chi connectivity index (χ3n) is 3.62. The Morgan fingerprint density at radius 1 is 1.16 bits per heavy atom. The summed E-state index contributed by atoms with van der Waals surface area (Å²) in [4.78, 5) is 24.4. The van der Waals surface area contributed by atoms with Gasteiger partial charge >= 0.3 is 0 Å². The summed E-state index contributed by atoms with van der Waals surface area (Å²) in [5, 5.41) is 6.38. The van der Waals surface area contributed by atoms with Crippen LogP contribution in [0.25, 0.3) is 21.5 Å². The minimum absolute atomic E-state index is 0.331. The molecule has 0 fully saturated rings. The van der Waals surface area contributed by atoms with Gasteiger partial charge in [0.2, 0.25) is 5.95 Å². The van der Waals surface area contributed by atoms with Crippen molar-refractivity contribution in [2.75, 3.05) is 5.32 Å². The number of benzene rings is 2. The quantitative estimate of drug-likeness (QED) is 0.551. The van der Waals surface area contributed by atoms with Crippen LogP contribution in [0.5, 0.6) is 0 Å². The molecule has 4 aromatic rings. The predicted octanol–water partition coefficient (Wildman–Crippen LogP) is 4.45. The normalized spacial score (nSPS) is 10.8. The zero-order valence-electron chi connectivity index (χ0n) is 12.8. The van der Waals surface area contributed by atoms with Crippen LogP contribution in [0, 0.1) is 5.82 Å². The summed E-state index contributed by atoms with van der Waals surface area (Å²) >= 11 is 1.46. The highest BCUT2D eigenvalue weighted by molar-refractivity contribution is 7.13. The van der Waals surface area contributed by atoms with E-state index >= 15 is 0 Å². The molecule has 0 saturated carbocycles. The molecule has 0 atom stereocenters. The van der Waals surface area contributed by atoms with Gasteiger partial charge in [0.05, 0.1) is 5.52 Å². The van der Waals surface area contributed by atoms with Gasteiger partial charge in [-0.1, -0.05) is 6.07 Å². The van der Waals surface area contributed by atoms with Gasteiger partial charge < -0.3 is 5.32 Å². The second kappa shape index (κ2) is 6.37. The molecule has 0 spiro atoms. The number of carbonyl (C=O) groups is 1. The van der Waals surface area contributed by atoms with Gasteiger partial charge in [-0.3, -0.25) is 4.79 Å². The van der Waals surface area contributed by atoms with Crippen molar-refractivity contribution in [1.29, 1.82) is 0 Å². The number of nitrogens with zero attached hydrogens (tertiary/aromatic N) is 3. The molecule has 0 aliphatic rings. The van der Waals surface area contributed by atoms with Gasteiger partial charge in [-0.05, 0) is 30.3 Å². The zero-order valence-corrected chi connectivity index (χ0v) is 13.6. The molecule has 122 valence electrons. The van der Waals surface area contributed by atoms with Crippen LogP contribution in [0.3, 0.4) is 0 Å². The number of thiazole rings is 1. The number of aldehydes is 1. The highest BCUT2D eigenvalue weighted by atomic mass is 32.1. The Hall–Kier alpha value is -3.19. The van der Waals surface area contributed by atoms with E-state index in [1.807, 2.05) is 11.4 Å². The first-order valence-corrected chi connectivity index (χ1v) is 8.29. The number of halogens is 1. The average Bonchev–Trinajstić information content (AvgIpc) is 3.15. The van der Waals surface area contributed by atoms with Crippen LogP contribution in [0.1, 0.15) is 10.4 Å². The van der Waals surface area contributed by atoms with Crippen LogP contribution in [0.15, 0.2) is 54.2 Å². The van der Waals surface area contributed by atoms with Gasteiger partial charge in [0.1, 0.15) is 10.8 Å². The van der Waals surface area contributed by atoms with E-state index in [9.17, 15) is 9.18 Å². The first-order valence-electron chi connectivity index (χ1n) is 7.41. The maximum absolute atomic E-state index is 13.3. The van der Waals surface area contributed by atoms with Crippen LogP contribution < -0.4 is 5.32 Å². The lowest BCUT2D eigenvalue weighted by molar-refractivity contribution is 0.112. The van der Waals surface area contributed by atoms with Gasteiger partial charge in [0.15, 0.2) is 6.29 Å². The highest BCUT2D eigenvalue weighted by Gasteiger charge is 2.11. The van der Waals surface area contributed by atoms with E-state index in [1.165, 1.54) is 23.5 Å². The molecule has 2 aromatic carbocycles. The smallest absolute Gasteiger partial charge is 0.227 e. The van der Waals surface area contributed by atoms with Crippen molar-refractivity contribution >= 4 is 40.2 Å². The standard InChI is InChI=1S/C18H11FN4OS/c19-13-2-1-3-14(8-13)22-18-21-9-11-6-15(17-20-4-5-25-17)12(10-24)7-16(11)23-18/h1-10H,(H,21,22,23). The maximum atomic E-state index is 13.3. The maximum Gasteiger partial charge on any atom is 0.227 e. The van der Waals surface area contributed by atoms with Crippen LogP contribution in [-0.2, 0) is 0 Å². The Morgan fingerprint density at radius 2 is 2.08 bits per heavy atom. The Labute approximate surface area is 146 Å². The fraction of sp³-hybridized carbons (Fsp3) is 0. The molecule has 0 aliphatic carbocycles. The zero-order chi connectivity index (χ0) is 17.2. The van der Waals surface area contributed by atoms with Crippen molar-refractivity contribution in [3.05, 3.63) is 65.6 Å². The third-order valence-corrected chi connectivity index (χ3v) is 4.43. The van der Waals surface area contributed by atoms with Crippen molar-refractivity contribution in [3.63, 3.8) is 0 Å². The molecule has 0 amide bonds. The molecule has 0 aliphatic heterocycles. The van der Waals surface area contributed by atoms with E-state index in [4.69, 9.17) is 0 Å². The second-order valence-electron chi connectivity index (χ2n) is 5.28. The number of aromatic nitrogens is 3. The van der Waals surface area contributed by atoms with Gasteiger partial charge in [-0.15, -0.1) is 11.3 Å². The second-order valence-corrected chi connectivity index (χ2v) is 6.18. The summed E-state index contributed by atoms with van der Waals surface area (Å²) in [5.74, 6) is -0.0148. The highest BCUT2D eigenvalue weighted by Crippen LogP contribution is 2.29. The Kier molecular flexibility index (Phi) is 3.91. The van der Waals surface area contributed by atoms with Gasteiger partial charge in [-0.2, -0.15) is 0 Å². The van der Waals surface area contributed by atoms with Crippen LogP contribution >= 0.6 is 11.3 Å². The van der Waals surface area contributed by atoms with Gasteiger partial charge in [-0.25, -0.2) is 19.3 Å². The van der Waals surface area contributed by atoms with E-state index in [0.717, 1.165) is 22.2 Å². The summed E-state index contributed by atoms with van der Waals surface area (Å²) < 4.78 is 13.3. The number of rotatable bonds is 4. The predicted molar refractivity (Wildman–Crippen MR) is 95.7 cm³/mol. The minimum Gasteiger partial charge on any atom is -0.324 e. The van der Waals surface area contributed by atoms with Crippen molar-refractivity contribution in [2.24, 2.45) is 0 Å². The SMILES string of the molecule is O=Cc1cc2nc(Nc3cccc(F)c3)ncc2cc1-c1nccs1. The number of hydrogen-bond donors (Lipinski definition) is 1. The lowest BCUT2D eigenvalue weighted by Gasteiger charge is -2.08. The Morgan fingerprint density at radius 3 is 2.84 bits per heavy atom. The summed E-state index contributed by atoms with van der Waals surface area (Å²) in [6.45, 7) is 0. The van der Waals surface area contributed by atoms with Gasteiger partial charge in [0, 0.05) is 40.0 Å². The number of nitrogens with one attached hydrogen (secondary N) is 1. The van der Waals surface area contributed by atoms with Crippen molar-refractivity contribution in [1.82, 2.24) is 15.0 Å². The topological polar surface area (TPSA) is 67.8 Å². The molecular weight excluding hydrogens is 339 g/mol. The number of anilines is 2. The van der Waals surface area contributed by atoms with Crippen LogP contribution in [0.2, 0.25) is 0 Å². The third kappa shape index (κ3) is 3.09. The van der Waals surface area contributed by atoms with Crippen LogP contribution in [0.4, 0.5) is 16.0 Å². The van der Waals surface area contributed by atoms with E-state index < -0.39 is 0 Å². The summed E-state index contributed by atoms with van der Waals surface area (Å²) in [6.07, 6.45) is 4.15. The number of fused-ring (bicyclic) bond motifs is 1. The molecule has 0 unspecified atom stereocenters. The lowest BCUT2D eigenvalue weighted by atomic mass is 10.1. The molecule has 1 N–H and O–H groups in total. The molecule has 25 heavy (non-hydrogen) atoms. The molecular formula is C18H11FN4OS. The molecule has 4 rings (SSSR count). The van der Waals surface area contributed by atoms with E-state index in [-0.39, 0.29) is 5.82 Å². The molecule has 5 nitrogen and oxygen atoms in total. The van der Waals surface area contributed by atoms with Gasteiger partial charge in [0.25, 0.3) is 0 Å². The van der Waals surface area contributed by atoms with Crippen molar-refractivity contribution in [3.8, 4) is 10.6 Å². The summed E-state index contributed by atoms with van der Waals surface area (Å²) in [7, 11) is 0.